The largest absolute Gasteiger partial charge is 0.444 e. The lowest BCUT2D eigenvalue weighted by Gasteiger charge is -2.27. The Morgan fingerprint density at radius 1 is 1.32 bits per heavy atom. The highest BCUT2D eigenvalue weighted by molar-refractivity contribution is 5.68. The van der Waals surface area contributed by atoms with Gasteiger partial charge >= 0.3 is 6.09 Å². The quantitative estimate of drug-likeness (QED) is 0.895. The van der Waals surface area contributed by atoms with E-state index < -0.39 is 11.7 Å². The molecule has 0 fully saturated rings. The van der Waals surface area contributed by atoms with Crippen LogP contribution in [0.15, 0.2) is 12.5 Å². The number of nitrogens with zero attached hydrogens (tertiary/aromatic N) is 2. The summed E-state index contributed by atoms with van der Waals surface area (Å²) in [5.41, 5.74) is 0.391. The van der Waals surface area contributed by atoms with E-state index in [2.05, 4.69) is 35.6 Å². The predicted octanol–water partition coefficient (Wildman–Crippen LogP) is 3.22. The Morgan fingerprint density at radius 2 is 1.89 bits per heavy atom. The number of carbonyl (C=O) groups is 1. The molecule has 1 rings (SSSR count). The van der Waals surface area contributed by atoms with Crippen molar-refractivity contribution in [3.8, 4) is 0 Å². The van der Waals surface area contributed by atoms with E-state index in [1.807, 2.05) is 27.7 Å². The molecule has 1 amide bonds. The number of alkyl carbamates (subject to hydrolysis) is 1. The van der Waals surface area contributed by atoms with E-state index in [4.69, 9.17) is 4.74 Å². The van der Waals surface area contributed by atoms with Gasteiger partial charge < -0.3 is 14.6 Å². The smallest absolute Gasteiger partial charge is 0.408 e. The van der Waals surface area contributed by atoms with E-state index in [0.29, 0.717) is 0 Å². The van der Waals surface area contributed by atoms with Crippen LogP contribution in [-0.4, -0.2) is 21.2 Å². The van der Waals surface area contributed by atoms with Gasteiger partial charge in [-0.3, -0.25) is 0 Å². The second-order valence-corrected chi connectivity index (χ2v) is 6.73. The SMILES string of the molecule is CC(NC(=O)OC(C)(C)C)c1cncn1C(C)(C)C. The Morgan fingerprint density at radius 3 is 2.37 bits per heavy atom. The van der Waals surface area contributed by atoms with Crippen LogP contribution in [0.2, 0.25) is 0 Å². The number of rotatable bonds is 2. The van der Waals surface area contributed by atoms with Crippen molar-refractivity contribution in [1.82, 2.24) is 14.9 Å². The second-order valence-electron chi connectivity index (χ2n) is 6.73. The van der Waals surface area contributed by atoms with Crippen LogP contribution in [0.5, 0.6) is 0 Å². The van der Waals surface area contributed by atoms with Gasteiger partial charge in [-0.25, -0.2) is 9.78 Å². The minimum Gasteiger partial charge on any atom is -0.444 e. The van der Waals surface area contributed by atoms with Crippen molar-refractivity contribution in [1.29, 1.82) is 0 Å². The highest BCUT2D eigenvalue weighted by Gasteiger charge is 2.23. The Kier molecular flexibility index (Phi) is 4.28. The highest BCUT2D eigenvalue weighted by Crippen LogP contribution is 2.21. The van der Waals surface area contributed by atoms with Crippen LogP contribution >= 0.6 is 0 Å². The first-order chi connectivity index (χ1) is 8.50. The summed E-state index contributed by atoms with van der Waals surface area (Å²) in [4.78, 5) is 15.9. The number of hydrogen-bond donors (Lipinski definition) is 1. The minimum absolute atomic E-state index is 0.0737. The Bertz CT molecular complexity index is 438. The van der Waals surface area contributed by atoms with Gasteiger partial charge in [-0.05, 0) is 48.5 Å². The molecule has 0 saturated carbocycles. The van der Waals surface area contributed by atoms with E-state index >= 15 is 0 Å². The van der Waals surface area contributed by atoms with E-state index in [0.717, 1.165) is 5.69 Å². The van der Waals surface area contributed by atoms with Crippen molar-refractivity contribution in [2.45, 2.75) is 65.6 Å². The summed E-state index contributed by atoms with van der Waals surface area (Å²) < 4.78 is 7.30. The maximum Gasteiger partial charge on any atom is 0.408 e. The Balaban J connectivity index is 2.77. The normalized spacial score (nSPS) is 14.1. The van der Waals surface area contributed by atoms with Crippen LogP contribution in [0.25, 0.3) is 0 Å². The van der Waals surface area contributed by atoms with Gasteiger partial charge in [0.1, 0.15) is 5.60 Å². The third-order valence-electron chi connectivity index (χ3n) is 2.57. The summed E-state index contributed by atoms with van der Waals surface area (Å²) >= 11 is 0. The third kappa shape index (κ3) is 4.58. The zero-order valence-electron chi connectivity index (χ0n) is 12.9. The lowest BCUT2D eigenvalue weighted by Crippen LogP contribution is -2.35. The predicted molar refractivity (Wildman–Crippen MR) is 75.0 cm³/mol. The summed E-state index contributed by atoms with van der Waals surface area (Å²) in [6.07, 6.45) is 3.14. The van der Waals surface area contributed by atoms with E-state index in [1.54, 1.807) is 12.5 Å². The average molecular weight is 267 g/mol. The molecule has 1 aromatic rings. The number of hydrogen-bond acceptors (Lipinski definition) is 3. The Hall–Kier alpha value is -1.52. The van der Waals surface area contributed by atoms with E-state index in [9.17, 15) is 4.79 Å². The van der Waals surface area contributed by atoms with Gasteiger partial charge in [-0.15, -0.1) is 0 Å². The van der Waals surface area contributed by atoms with Crippen molar-refractivity contribution in [2.24, 2.45) is 0 Å². The minimum atomic E-state index is -0.492. The molecule has 19 heavy (non-hydrogen) atoms. The third-order valence-corrected chi connectivity index (χ3v) is 2.57. The molecule has 0 aliphatic heterocycles. The molecule has 0 spiro atoms. The van der Waals surface area contributed by atoms with Crippen LogP contribution in [0.1, 0.15) is 60.2 Å². The van der Waals surface area contributed by atoms with Crippen molar-refractivity contribution < 1.29 is 9.53 Å². The van der Waals surface area contributed by atoms with E-state index in [-0.39, 0.29) is 11.6 Å². The van der Waals surface area contributed by atoms with E-state index in [1.165, 1.54) is 0 Å². The van der Waals surface area contributed by atoms with Gasteiger partial charge in [-0.1, -0.05) is 0 Å². The molecule has 5 heteroatoms. The molecule has 5 nitrogen and oxygen atoms in total. The molecule has 1 unspecified atom stereocenters. The molecule has 0 saturated heterocycles. The number of aromatic nitrogens is 2. The number of carbonyl (C=O) groups excluding carboxylic acids is 1. The van der Waals surface area contributed by atoms with Crippen molar-refractivity contribution in [3.63, 3.8) is 0 Å². The lowest BCUT2D eigenvalue weighted by atomic mass is 10.1. The summed E-state index contributed by atoms with van der Waals surface area (Å²) in [6.45, 7) is 13.7. The fraction of sp³-hybridized carbons (Fsp3) is 0.714. The molecule has 0 radical (unpaired) electrons. The molecule has 1 atom stereocenters. The second kappa shape index (κ2) is 5.23. The van der Waals surface area contributed by atoms with Crippen molar-refractivity contribution in [2.75, 3.05) is 0 Å². The Labute approximate surface area is 115 Å². The highest BCUT2D eigenvalue weighted by atomic mass is 16.6. The van der Waals surface area contributed by atoms with Crippen LogP contribution in [0, 0.1) is 0 Å². The monoisotopic (exact) mass is 267 g/mol. The van der Waals surface area contributed by atoms with Crippen LogP contribution in [0.3, 0.4) is 0 Å². The molecular formula is C14H25N3O2. The molecule has 0 bridgehead atoms. The number of amides is 1. The number of nitrogens with one attached hydrogen (secondary N) is 1. The summed E-state index contributed by atoms with van der Waals surface area (Å²) in [7, 11) is 0. The number of ether oxygens (including phenoxy) is 1. The fourth-order valence-electron chi connectivity index (χ4n) is 1.74. The standard InChI is InChI=1S/C14H25N3O2/c1-10(16-12(18)19-14(5,6)7)11-8-15-9-17(11)13(2,3)4/h8-10H,1-7H3,(H,16,18). The van der Waals surface area contributed by atoms with Crippen LogP contribution in [-0.2, 0) is 10.3 Å². The molecule has 1 N–H and O–H groups in total. The molecule has 108 valence electrons. The summed E-state index contributed by atoms with van der Waals surface area (Å²) in [5.74, 6) is 0. The molecule has 0 aromatic carbocycles. The van der Waals surface area contributed by atoms with Gasteiger partial charge in [0.15, 0.2) is 0 Å². The first kappa shape index (κ1) is 15.5. The zero-order valence-corrected chi connectivity index (χ0v) is 12.9. The zero-order chi connectivity index (χ0) is 14.8. The van der Waals surface area contributed by atoms with Gasteiger partial charge in [-0.2, -0.15) is 0 Å². The maximum atomic E-state index is 11.8. The average Bonchev–Trinajstić information content (AvgIpc) is 2.60. The summed E-state index contributed by atoms with van der Waals surface area (Å²) in [6, 6.07) is -0.156. The van der Waals surface area contributed by atoms with Gasteiger partial charge in [0.05, 0.1) is 24.3 Å². The molecule has 1 aromatic heterocycles. The molecule has 0 aliphatic rings. The number of imidazole rings is 1. The summed E-state index contributed by atoms with van der Waals surface area (Å²) in [5, 5.41) is 2.83. The topological polar surface area (TPSA) is 56.1 Å². The van der Waals surface area contributed by atoms with Gasteiger partial charge in [0.2, 0.25) is 0 Å². The van der Waals surface area contributed by atoms with Crippen LogP contribution < -0.4 is 5.32 Å². The lowest BCUT2D eigenvalue weighted by molar-refractivity contribution is 0.0505. The molecular weight excluding hydrogens is 242 g/mol. The van der Waals surface area contributed by atoms with Crippen molar-refractivity contribution in [3.05, 3.63) is 18.2 Å². The molecule has 1 heterocycles. The fourth-order valence-corrected chi connectivity index (χ4v) is 1.74. The van der Waals surface area contributed by atoms with Crippen LogP contribution in [0.4, 0.5) is 4.79 Å². The maximum absolute atomic E-state index is 11.8. The van der Waals surface area contributed by atoms with Gasteiger partial charge in [0.25, 0.3) is 0 Å². The van der Waals surface area contributed by atoms with Crippen molar-refractivity contribution >= 4 is 6.09 Å². The molecule has 0 aliphatic carbocycles. The van der Waals surface area contributed by atoms with Gasteiger partial charge in [0, 0.05) is 5.54 Å². The first-order valence-corrected chi connectivity index (χ1v) is 6.53. The first-order valence-electron chi connectivity index (χ1n) is 6.53.